The molecule has 2 rings (SSSR count). The number of rotatable bonds is 5. The number of nitrogens with one attached hydrogen (secondary N) is 1. The third-order valence-electron chi connectivity index (χ3n) is 2.96. The number of hydrogen-bond donors (Lipinski definition) is 2. The molecule has 0 saturated heterocycles. The molecule has 18 heavy (non-hydrogen) atoms. The number of nitrogens with two attached hydrogens (primary N) is 1. The van der Waals surface area contributed by atoms with E-state index in [9.17, 15) is 4.79 Å². The summed E-state index contributed by atoms with van der Waals surface area (Å²) in [5.74, 6) is 1.25. The van der Waals surface area contributed by atoms with Crippen molar-refractivity contribution in [1.29, 1.82) is 0 Å². The van der Waals surface area contributed by atoms with Crippen LogP contribution in [0.5, 0.6) is 5.75 Å². The summed E-state index contributed by atoms with van der Waals surface area (Å²) in [4.78, 5) is 12.1. The first-order valence-electron chi connectivity index (χ1n) is 5.89. The molecule has 3 N–H and O–H groups in total. The van der Waals surface area contributed by atoms with Crippen LogP contribution in [0.3, 0.4) is 0 Å². The van der Waals surface area contributed by atoms with Crippen LogP contribution in [-0.2, 0) is 4.79 Å². The van der Waals surface area contributed by atoms with Crippen LogP contribution in [0.15, 0.2) is 24.3 Å². The van der Waals surface area contributed by atoms with Crippen LogP contribution < -0.4 is 15.8 Å². The molecule has 0 aromatic heterocycles. The van der Waals surface area contributed by atoms with Gasteiger partial charge in [-0.25, -0.2) is 0 Å². The smallest absolute Gasteiger partial charge is 0.227 e. The average molecular weight is 264 g/mol. The van der Waals surface area contributed by atoms with Gasteiger partial charge in [0.2, 0.25) is 5.91 Å². The van der Waals surface area contributed by atoms with Gasteiger partial charge >= 0.3 is 0 Å². The number of thiocarbonyl (C=S) groups is 1. The topological polar surface area (TPSA) is 64.3 Å². The molecule has 1 aliphatic carbocycles. The molecular weight excluding hydrogens is 248 g/mol. The van der Waals surface area contributed by atoms with Gasteiger partial charge in [0.25, 0.3) is 0 Å². The van der Waals surface area contributed by atoms with Gasteiger partial charge in [-0.1, -0.05) is 31.3 Å². The van der Waals surface area contributed by atoms with E-state index in [1.807, 2.05) is 12.1 Å². The second-order valence-electron chi connectivity index (χ2n) is 4.56. The Bertz CT molecular complexity index is 476. The van der Waals surface area contributed by atoms with Gasteiger partial charge in [-0.05, 0) is 24.5 Å². The maximum Gasteiger partial charge on any atom is 0.227 e. The first-order chi connectivity index (χ1) is 8.58. The van der Waals surface area contributed by atoms with E-state index >= 15 is 0 Å². The molecule has 5 heteroatoms. The number of para-hydroxylation sites is 2. The number of carbonyl (C=O) groups is 1. The second kappa shape index (κ2) is 5.35. The fraction of sp³-hybridized carbons (Fsp3) is 0.385. The highest BCUT2D eigenvalue weighted by Crippen LogP contribution is 2.39. The molecular formula is C13H16N2O2S. The molecule has 1 saturated carbocycles. The van der Waals surface area contributed by atoms with Gasteiger partial charge in [0.15, 0.2) is 0 Å². The lowest BCUT2D eigenvalue weighted by Crippen LogP contribution is -2.19. The Morgan fingerprint density at radius 1 is 1.56 bits per heavy atom. The molecule has 1 aromatic rings. The van der Waals surface area contributed by atoms with Gasteiger partial charge in [-0.3, -0.25) is 4.79 Å². The molecule has 2 unspecified atom stereocenters. The Labute approximate surface area is 112 Å². The minimum atomic E-state index is 0.0499. The van der Waals surface area contributed by atoms with Crippen molar-refractivity contribution in [1.82, 2.24) is 0 Å². The molecule has 0 aliphatic heterocycles. The third kappa shape index (κ3) is 3.20. The summed E-state index contributed by atoms with van der Waals surface area (Å²) in [6.45, 7) is 2.24. The Morgan fingerprint density at radius 3 is 2.83 bits per heavy atom. The summed E-state index contributed by atoms with van der Waals surface area (Å²) < 4.78 is 5.45. The van der Waals surface area contributed by atoms with Crippen molar-refractivity contribution in [2.45, 2.75) is 13.3 Å². The Kier molecular flexibility index (Phi) is 3.81. The highest BCUT2D eigenvalue weighted by molar-refractivity contribution is 7.80. The van der Waals surface area contributed by atoms with E-state index < -0.39 is 0 Å². The quantitative estimate of drug-likeness (QED) is 0.798. The number of ether oxygens (including phenoxy) is 1. The molecule has 0 bridgehead atoms. The molecule has 0 heterocycles. The van der Waals surface area contributed by atoms with E-state index in [2.05, 4.69) is 12.2 Å². The number of amides is 1. The SMILES string of the molecule is CC1CC1C(=O)Nc1ccccc1OCC(N)=S. The maximum absolute atomic E-state index is 11.9. The number of anilines is 1. The van der Waals surface area contributed by atoms with E-state index in [1.165, 1.54) is 0 Å². The zero-order valence-corrected chi connectivity index (χ0v) is 11.0. The van der Waals surface area contributed by atoms with Crippen molar-refractivity contribution >= 4 is 28.8 Å². The van der Waals surface area contributed by atoms with E-state index in [0.29, 0.717) is 17.4 Å². The number of hydrogen-bond acceptors (Lipinski definition) is 3. The lowest BCUT2D eigenvalue weighted by Gasteiger charge is -2.11. The molecule has 1 amide bonds. The molecule has 0 spiro atoms. The summed E-state index contributed by atoms with van der Waals surface area (Å²) in [7, 11) is 0. The Hall–Kier alpha value is -1.62. The molecule has 1 fully saturated rings. The molecule has 4 nitrogen and oxygen atoms in total. The van der Waals surface area contributed by atoms with Crippen molar-refractivity contribution in [3.05, 3.63) is 24.3 Å². The first-order valence-corrected chi connectivity index (χ1v) is 6.29. The predicted molar refractivity (Wildman–Crippen MR) is 74.6 cm³/mol. The van der Waals surface area contributed by atoms with Gasteiger partial charge in [0.05, 0.1) is 5.69 Å². The van der Waals surface area contributed by atoms with E-state index in [-0.39, 0.29) is 23.4 Å². The van der Waals surface area contributed by atoms with Crippen LogP contribution in [0.2, 0.25) is 0 Å². The van der Waals surface area contributed by atoms with Gasteiger partial charge in [0.1, 0.15) is 17.3 Å². The number of benzene rings is 1. The second-order valence-corrected chi connectivity index (χ2v) is 5.08. The van der Waals surface area contributed by atoms with Crippen molar-refractivity contribution in [3.8, 4) is 5.75 Å². The van der Waals surface area contributed by atoms with Crippen molar-refractivity contribution in [2.75, 3.05) is 11.9 Å². The fourth-order valence-electron chi connectivity index (χ4n) is 1.76. The van der Waals surface area contributed by atoms with Gasteiger partial charge in [-0.2, -0.15) is 0 Å². The van der Waals surface area contributed by atoms with E-state index in [1.54, 1.807) is 12.1 Å². The summed E-state index contributed by atoms with van der Waals surface area (Å²) in [6.07, 6.45) is 0.960. The van der Waals surface area contributed by atoms with Gasteiger partial charge < -0.3 is 15.8 Å². The lowest BCUT2D eigenvalue weighted by molar-refractivity contribution is -0.117. The minimum Gasteiger partial charge on any atom is -0.484 e. The maximum atomic E-state index is 11.9. The van der Waals surface area contributed by atoms with E-state index in [4.69, 9.17) is 22.7 Å². The molecule has 0 radical (unpaired) electrons. The van der Waals surface area contributed by atoms with Crippen LogP contribution >= 0.6 is 12.2 Å². The summed E-state index contributed by atoms with van der Waals surface area (Å²) in [5, 5.41) is 2.88. The zero-order valence-electron chi connectivity index (χ0n) is 10.2. The zero-order chi connectivity index (χ0) is 13.1. The van der Waals surface area contributed by atoms with Crippen LogP contribution in [-0.4, -0.2) is 17.5 Å². The normalized spacial score (nSPS) is 21.2. The lowest BCUT2D eigenvalue weighted by atomic mass is 10.2. The standard InChI is InChI=1S/C13H16N2O2S/c1-8-6-9(8)13(16)15-10-4-2-3-5-11(10)17-7-12(14)18/h2-5,8-9H,6-7H2,1H3,(H2,14,18)(H,15,16). The minimum absolute atomic E-state index is 0.0499. The monoisotopic (exact) mass is 264 g/mol. The predicted octanol–water partition coefficient (Wildman–Crippen LogP) is 1.95. The number of carbonyl (C=O) groups excluding carboxylic acids is 1. The van der Waals surface area contributed by atoms with Crippen LogP contribution in [0.1, 0.15) is 13.3 Å². The van der Waals surface area contributed by atoms with Gasteiger partial charge in [0, 0.05) is 5.92 Å². The van der Waals surface area contributed by atoms with Crippen molar-refractivity contribution in [3.63, 3.8) is 0 Å². The highest BCUT2D eigenvalue weighted by atomic mass is 32.1. The molecule has 2 atom stereocenters. The summed E-state index contributed by atoms with van der Waals surface area (Å²) in [6, 6.07) is 7.27. The highest BCUT2D eigenvalue weighted by Gasteiger charge is 2.39. The van der Waals surface area contributed by atoms with Crippen LogP contribution in [0.4, 0.5) is 5.69 Å². The molecule has 1 aliphatic rings. The van der Waals surface area contributed by atoms with Gasteiger partial charge in [-0.15, -0.1) is 0 Å². The fourth-order valence-corrected chi connectivity index (χ4v) is 1.82. The van der Waals surface area contributed by atoms with Crippen LogP contribution in [0, 0.1) is 11.8 Å². The summed E-state index contributed by atoms with van der Waals surface area (Å²) >= 11 is 4.76. The largest absolute Gasteiger partial charge is 0.484 e. The Morgan fingerprint density at radius 2 is 2.22 bits per heavy atom. The molecule has 1 aromatic carbocycles. The first kappa shape index (κ1) is 12.8. The summed E-state index contributed by atoms with van der Waals surface area (Å²) in [5.41, 5.74) is 6.05. The molecule has 96 valence electrons. The van der Waals surface area contributed by atoms with Crippen molar-refractivity contribution in [2.24, 2.45) is 17.6 Å². The average Bonchev–Trinajstić information content (AvgIpc) is 3.05. The van der Waals surface area contributed by atoms with E-state index in [0.717, 1.165) is 6.42 Å². The Balaban J connectivity index is 2.02. The third-order valence-corrected chi connectivity index (χ3v) is 3.08. The van der Waals surface area contributed by atoms with Crippen molar-refractivity contribution < 1.29 is 9.53 Å². The van der Waals surface area contributed by atoms with Crippen LogP contribution in [0.25, 0.3) is 0 Å².